The van der Waals surface area contributed by atoms with Crippen molar-refractivity contribution in [2.75, 3.05) is 26.1 Å². The number of anilines is 1. The largest absolute Gasteiger partial charge is 0.497 e. The van der Waals surface area contributed by atoms with Crippen molar-refractivity contribution in [3.63, 3.8) is 0 Å². The highest BCUT2D eigenvalue weighted by Crippen LogP contribution is 2.26. The predicted octanol–water partition coefficient (Wildman–Crippen LogP) is 4.30. The highest BCUT2D eigenvalue weighted by molar-refractivity contribution is 5.81. The Hall–Kier alpha value is -3.61. The Morgan fingerprint density at radius 2 is 1.40 bits per heavy atom. The first-order valence-electron chi connectivity index (χ1n) is 9.26. The van der Waals surface area contributed by atoms with Crippen molar-refractivity contribution in [2.24, 2.45) is 0 Å². The van der Waals surface area contributed by atoms with Gasteiger partial charge in [-0.2, -0.15) is 0 Å². The van der Waals surface area contributed by atoms with Crippen LogP contribution in [0.3, 0.4) is 0 Å². The predicted molar refractivity (Wildman–Crippen MR) is 111 cm³/mol. The van der Waals surface area contributed by atoms with Gasteiger partial charge in [0.2, 0.25) is 5.91 Å². The van der Waals surface area contributed by atoms with E-state index in [1.807, 2.05) is 24.3 Å². The van der Waals surface area contributed by atoms with E-state index in [4.69, 9.17) is 9.47 Å². The maximum atomic E-state index is 13.8. The third-order valence-corrected chi connectivity index (χ3v) is 4.57. The summed E-state index contributed by atoms with van der Waals surface area (Å²) in [5, 5.41) is 5.56. The lowest BCUT2D eigenvalue weighted by Gasteiger charge is -2.21. The summed E-state index contributed by atoms with van der Waals surface area (Å²) in [6.07, 6.45) is 0. The Bertz CT molecular complexity index is 945. The highest BCUT2D eigenvalue weighted by Gasteiger charge is 2.18. The molecule has 0 radical (unpaired) electrons. The van der Waals surface area contributed by atoms with Crippen LogP contribution < -0.4 is 20.1 Å². The van der Waals surface area contributed by atoms with Crippen LogP contribution in [-0.2, 0) is 4.79 Å². The molecular formula is C23H22F2N2O3. The molecule has 0 aliphatic rings. The van der Waals surface area contributed by atoms with E-state index >= 15 is 0 Å². The summed E-state index contributed by atoms with van der Waals surface area (Å²) >= 11 is 0. The standard InChI is InChI=1S/C23H22F2N2O3/c1-29-18-8-3-15(4-9-18)23(16-5-10-19(30-2)11-6-16)27-22(28)14-26-21-13-17(24)7-12-20(21)25/h3-13,23,26H,14H2,1-2H3,(H,27,28). The fourth-order valence-corrected chi connectivity index (χ4v) is 2.97. The van der Waals surface area contributed by atoms with Crippen LogP contribution in [-0.4, -0.2) is 26.7 Å². The number of ether oxygens (including phenoxy) is 2. The fourth-order valence-electron chi connectivity index (χ4n) is 2.97. The van der Waals surface area contributed by atoms with Gasteiger partial charge in [0.25, 0.3) is 0 Å². The van der Waals surface area contributed by atoms with Crippen LogP contribution in [0.25, 0.3) is 0 Å². The van der Waals surface area contributed by atoms with Gasteiger partial charge in [0.05, 0.1) is 32.5 Å². The second kappa shape index (κ2) is 9.73. The number of carbonyl (C=O) groups is 1. The molecule has 2 N–H and O–H groups in total. The molecule has 0 saturated heterocycles. The van der Waals surface area contributed by atoms with Crippen LogP contribution >= 0.6 is 0 Å². The van der Waals surface area contributed by atoms with Gasteiger partial charge < -0.3 is 20.1 Å². The van der Waals surface area contributed by atoms with Crippen molar-refractivity contribution in [3.8, 4) is 11.5 Å². The normalized spacial score (nSPS) is 10.6. The van der Waals surface area contributed by atoms with Crippen LogP contribution in [0, 0.1) is 11.6 Å². The van der Waals surface area contributed by atoms with Gasteiger partial charge in [-0.15, -0.1) is 0 Å². The molecule has 5 nitrogen and oxygen atoms in total. The van der Waals surface area contributed by atoms with Gasteiger partial charge in [0.15, 0.2) is 0 Å². The van der Waals surface area contributed by atoms with Gasteiger partial charge in [0.1, 0.15) is 23.1 Å². The maximum absolute atomic E-state index is 13.8. The molecule has 0 aliphatic carbocycles. The molecule has 0 spiro atoms. The Labute approximate surface area is 173 Å². The summed E-state index contributed by atoms with van der Waals surface area (Å²) in [6.45, 7) is -0.219. The average molecular weight is 412 g/mol. The minimum absolute atomic E-state index is 0.0735. The molecule has 7 heteroatoms. The minimum Gasteiger partial charge on any atom is -0.497 e. The number of hydrogen-bond acceptors (Lipinski definition) is 4. The first-order valence-corrected chi connectivity index (χ1v) is 9.26. The smallest absolute Gasteiger partial charge is 0.240 e. The molecule has 0 saturated carbocycles. The fraction of sp³-hybridized carbons (Fsp3) is 0.174. The molecule has 1 amide bonds. The third-order valence-electron chi connectivity index (χ3n) is 4.57. The lowest BCUT2D eigenvalue weighted by atomic mass is 9.98. The molecular weight excluding hydrogens is 390 g/mol. The van der Waals surface area contributed by atoms with E-state index in [0.717, 1.165) is 29.3 Å². The zero-order valence-electron chi connectivity index (χ0n) is 16.6. The van der Waals surface area contributed by atoms with E-state index in [9.17, 15) is 13.6 Å². The summed E-state index contributed by atoms with van der Waals surface area (Å²) in [5.41, 5.74) is 1.60. The van der Waals surface area contributed by atoms with Crippen molar-refractivity contribution >= 4 is 11.6 Å². The number of benzene rings is 3. The van der Waals surface area contributed by atoms with Crippen LogP contribution in [0.5, 0.6) is 11.5 Å². The maximum Gasteiger partial charge on any atom is 0.240 e. The molecule has 0 aromatic heterocycles. The number of rotatable bonds is 8. The van der Waals surface area contributed by atoms with E-state index in [2.05, 4.69) is 10.6 Å². The Kier molecular flexibility index (Phi) is 6.85. The van der Waals surface area contributed by atoms with Gasteiger partial charge in [-0.05, 0) is 53.6 Å². The van der Waals surface area contributed by atoms with Gasteiger partial charge in [-0.3, -0.25) is 4.79 Å². The molecule has 30 heavy (non-hydrogen) atoms. The molecule has 3 aromatic rings. The lowest BCUT2D eigenvalue weighted by molar-refractivity contribution is -0.119. The highest BCUT2D eigenvalue weighted by atomic mass is 19.1. The van der Waals surface area contributed by atoms with Crippen molar-refractivity contribution < 1.29 is 23.0 Å². The quantitative estimate of drug-likeness (QED) is 0.579. The zero-order chi connectivity index (χ0) is 21.5. The number of hydrogen-bond donors (Lipinski definition) is 2. The van der Waals surface area contributed by atoms with Crippen molar-refractivity contribution in [2.45, 2.75) is 6.04 Å². The van der Waals surface area contributed by atoms with E-state index < -0.39 is 17.7 Å². The summed E-state index contributed by atoms with van der Waals surface area (Å²) in [7, 11) is 3.16. The number of nitrogens with one attached hydrogen (secondary N) is 2. The Morgan fingerprint density at radius 1 is 0.867 bits per heavy atom. The number of carbonyl (C=O) groups excluding carboxylic acids is 1. The van der Waals surface area contributed by atoms with Gasteiger partial charge in [-0.1, -0.05) is 24.3 Å². The monoisotopic (exact) mass is 412 g/mol. The summed E-state index contributed by atoms with van der Waals surface area (Å²) in [6, 6.07) is 17.2. The number of halogens is 2. The van der Waals surface area contributed by atoms with Crippen molar-refractivity contribution in [1.82, 2.24) is 5.32 Å². The first-order chi connectivity index (χ1) is 14.5. The molecule has 3 rings (SSSR count). The SMILES string of the molecule is COc1ccc(C(NC(=O)CNc2cc(F)ccc2F)c2ccc(OC)cc2)cc1. The zero-order valence-corrected chi connectivity index (χ0v) is 16.6. The lowest BCUT2D eigenvalue weighted by Crippen LogP contribution is -2.34. The van der Waals surface area contributed by atoms with Crippen molar-refractivity contribution in [3.05, 3.63) is 89.5 Å². The Morgan fingerprint density at radius 3 is 1.90 bits per heavy atom. The molecule has 0 fully saturated rings. The molecule has 3 aromatic carbocycles. The van der Waals surface area contributed by atoms with E-state index in [1.165, 1.54) is 0 Å². The second-order valence-corrected chi connectivity index (χ2v) is 6.52. The number of methoxy groups -OCH3 is 2. The van der Waals surface area contributed by atoms with Crippen LogP contribution in [0.1, 0.15) is 17.2 Å². The molecule has 0 atom stereocenters. The first kappa shape index (κ1) is 21.1. The molecule has 0 unspecified atom stereocenters. The van der Waals surface area contributed by atoms with Crippen molar-refractivity contribution in [1.29, 1.82) is 0 Å². The van der Waals surface area contributed by atoms with E-state index in [1.54, 1.807) is 38.5 Å². The third kappa shape index (κ3) is 5.26. The molecule has 0 bridgehead atoms. The molecule has 156 valence electrons. The van der Waals surface area contributed by atoms with Gasteiger partial charge >= 0.3 is 0 Å². The van der Waals surface area contributed by atoms with E-state index in [-0.39, 0.29) is 18.1 Å². The Balaban J connectivity index is 1.78. The topological polar surface area (TPSA) is 59.6 Å². The van der Waals surface area contributed by atoms with Crippen LogP contribution in [0.15, 0.2) is 66.7 Å². The van der Waals surface area contributed by atoms with Crippen LogP contribution in [0.4, 0.5) is 14.5 Å². The summed E-state index contributed by atoms with van der Waals surface area (Å²) < 4.78 is 37.5. The molecule has 0 heterocycles. The summed E-state index contributed by atoms with van der Waals surface area (Å²) in [5.74, 6) is -0.210. The van der Waals surface area contributed by atoms with Gasteiger partial charge in [-0.25, -0.2) is 8.78 Å². The van der Waals surface area contributed by atoms with Crippen LogP contribution in [0.2, 0.25) is 0 Å². The number of amides is 1. The van der Waals surface area contributed by atoms with Gasteiger partial charge in [0, 0.05) is 0 Å². The van der Waals surface area contributed by atoms with E-state index in [0.29, 0.717) is 11.5 Å². The summed E-state index contributed by atoms with van der Waals surface area (Å²) in [4.78, 5) is 12.6. The average Bonchev–Trinajstić information content (AvgIpc) is 2.78. The molecule has 0 aliphatic heterocycles. The minimum atomic E-state index is -0.633. The second-order valence-electron chi connectivity index (χ2n) is 6.52.